The van der Waals surface area contributed by atoms with Gasteiger partial charge in [0.2, 0.25) is 0 Å². The summed E-state index contributed by atoms with van der Waals surface area (Å²) in [5.41, 5.74) is 13.4. The fraction of sp³-hybridized carbons (Fsp3) is 0.250. The summed E-state index contributed by atoms with van der Waals surface area (Å²) in [5, 5.41) is 23.9. The average Bonchev–Trinajstić information content (AvgIpc) is 3.46. The Bertz CT molecular complexity index is 1100. The maximum absolute atomic E-state index is 12.0. The number of anilines is 3. The van der Waals surface area contributed by atoms with E-state index >= 15 is 0 Å². The lowest BCUT2D eigenvalue weighted by Gasteiger charge is -2.16. The summed E-state index contributed by atoms with van der Waals surface area (Å²) in [6.07, 6.45) is 5.40. The lowest BCUT2D eigenvalue weighted by atomic mass is 10.1. The van der Waals surface area contributed by atoms with E-state index in [-0.39, 0.29) is 23.0 Å². The van der Waals surface area contributed by atoms with Gasteiger partial charge in [-0.15, -0.1) is 0 Å². The number of primary amides is 1. The van der Waals surface area contributed by atoms with Crippen LogP contribution in [0.1, 0.15) is 28.8 Å². The van der Waals surface area contributed by atoms with Crippen molar-refractivity contribution in [2.75, 3.05) is 17.2 Å². The molecule has 2 heterocycles. The monoisotopic (exact) mass is 403 g/mol. The number of aromatic nitrogens is 4. The minimum atomic E-state index is -0.687. The molecule has 1 aromatic carbocycles. The highest BCUT2D eigenvalue weighted by Crippen LogP contribution is 2.32. The number of nitrogens with two attached hydrogens (primary N) is 2. The van der Waals surface area contributed by atoms with Gasteiger partial charge in [-0.25, -0.2) is 4.98 Å². The third kappa shape index (κ3) is 4.21. The number of nitrogens with zero attached hydrogens (tertiary/aromatic N) is 5. The standard InChI is InChI=1S/C20H21N9O/c21-10-13-8-16(18(23)30)20(28-19(13)24-11-17(22)12-4-5-12)27-14-2-1-3-15(9-14)29-25-6-7-26-29/h1-3,6-9,12,17H,4-5,11,22H2,(H2,23,30)(H2,24,27,28)/t17-/m1/s1. The van der Waals surface area contributed by atoms with Gasteiger partial charge < -0.3 is 22.1 Å². The largest absolute Gasteiger partial charge is 0.367 e. The fourth-order valence-corrected chi connectivity index (χ4v) is 3.12. The topological polar surface area (TPSA) is 161 Å². The molecule has 1 saturated carbocycles. The zero-order chi connectivity index (χ0) is 21.1. The second-order valence-corrected chi connectivity index (χ2v) is 7.13. The van der Waals surface area contributed by atoms with Gasteiger partial charge in [0, 0.05) is 18.3 Å². The van der Waals surface area contributed by atoms with Crippen molar-refractivity contribution in [3.05, 3.63) is 53.9 Å². The van der Waals surface area contributed by atoms with Crippen LogP contribution >= 0.6 is 0 Å². The van der Waals surface area contributed by atoms with E-state index in [4.69, 9.17) is 11.5 Å². The molecule has 1 amide bonds. The number of rotatable bonds is 8. The SMILES string of the molecule is N#Cc1cc(C(N)=O)c(Nc2cccc(-n3nccn3)c2)nc1NC[C@@H](N)C1CC1. The van der Waals surface area contributed by atoms with E-state index in [1.165, 1.54) is 10.9 Å². The highest BCUT2D eigenvalue weighted by molar-refractivity contribution is 5.99. The Labute approximate surface area is 172 Å². The number of benzene rings is 1. The number of nitrogens with one attached hydrogen (secondary N) is 2. The molecule has 0 saturated heterocycles. The van der Waals surface area contributed by atoms with Crippen LogP contribution in [0.15, 0.2) is 42.7 Å². The van der Waals surface area contributed by atoms with Crippen molar-refractivity contribution in [1.29, 1.82) is 5.26 Å². The highest BCUT2D eigenvalue weighted by Gasteiger charge is 2.28. The summed E-state index contributed by atoms with van der Waals surface area (Å²) in [4.78, 5) is 17.9. The second-order valence-electron chi connectivity index (χ2n) is 7.13. The van der Waals surface area contributed by atoms with Crippen molar-refractivity contribution in [2.45, 2.75) is 18.9 Å². The van der Waals surface area contributed by atoms with E-state index in [1.807, 2.05) is 18.2 Å². The maximum atomic E-state index is 12.0. The fourth-order valence-electron chi connectivity index (χ4n) is 3.12. The summed E-state index contributed by atoms with van der Waals surface area (Å²) in [6.45, 7) is 0.488. The first kappa shape index (κ1) is 19.4. The molecule has 10 nitrogen and oxygen atoms in total. The number of carbonyl (C=O) groups excluding carboxylic acids is 1. The Hall–Kier alpha value is -3.97. The molecule has 10 heteroatoms. The molecule has 0 spiro atoms. The average molecular weight is 403 g/mol. The van der Waals surface area contributed by atoms with E-state index in [2.05, 4.69) is 31.9 Å². The van der Waals surface area contributed by atoms with E-state index in [0.29, 0.717) is 24.0 Å². The van der Waals surface area contributed by atoms with Gasteiger partial charge in [-0.3, -0.25) is 4.79 Å². The molecule has 0 radical (unpaired) electrons. The summed E-state index contributed by atoms with van der Waals surface area (Å²) in [7, 11) is 0. The van der Waals surface area contributed by atoms with Crippen LogP contribution in [0.25, 0.3) is 5.69 Å². The molecule has 0 bridgehead atoms. The van der Waals surface area contributed by atoms with Crippen LogP contribution in [0.2, 0.25) is 0 Å². The summed E-state index contributed by atoms with van der Waals surface area (Å²) < 4.78 is 0. The Morgan fingerprint density at radius 1 is 1.27 bits per heavy atom. The smallest absolute Gasteiger partial charge is 0.252 e. The maximum Gasteiger partial charge on any atom is 0.252 e. The van der Waals surface area contributed by atoms with Gasteiger partial charge in [0.15, 0.2) is 0 Å². The predicted octanol–water partition coefficient (Wildman–Crippen LogP) is 1.53. The van der Waals surface area contributed by atoms with Crippen molar-refractivity contribution < 1.29 is 4.79 Å². The van der Waals surface area contributed by atoms with Gasteiger partial charge >= 0.3 is 0 Å². The second kappa shape index (κ2) is 8.18. The first-order valence-corrected chi connectivity index (χ1v) is 9.53. The molecule has 3 aromatic rings. The van der Waals surface area contributed by atoms with E-state index in [9.17, 15) is 10.1 Å². The van der Waals surface area contributed by atoms with E-state index in [0.717, 1.165) is 18.5 Å². The van der Waals surface area contributed by atoms with Crippen LogP contribution in [-0.4, -0.2) is 38.5 Å². The van der Waals surface area contributed by atoms with Crippen LogP contribution in [0.3, 0.4) is 0 Å². The van der Waals surface area contributed by atoms with Crippen molar-refractivity contribution in [2.24, 2.45) is 17.4 Å². The Kier molecular flexibility index (Phi) is 5.28. The number of hydrogen-bond acceptors (Lipinski definition) is 8. The quantitative estimate of drug-likeness (QED) is 0.440. The minimum absolute atomic E-state index is 0.0104. The zero-order valence-corrected chi connectivity index (χ0v) is 16.1. The molecule has 0 unspecified atom stereocenters. The summed E-state index contributed by atoms with van der Waals surface area (Å²) in [6, 6.07) is 10.8. The molecular formula is C20H21N9O. The van der Waals surface area contributed by atoms with Gasteiger partial charge in [-0.2, -0.15) is 20.3 Å². The molecule has 1 atom stereocenters. The van der Waals surface area contributed by atoms with Crippen molar-refractivity contribution in [3.8, 4) is 11.8 Å². The number of nitriles is 1. The number of carbonyl (C=O) groups is 1. The lowest BCUT2D eigenvalue weighted by molar-refractivity contribution is 0.100. The molecule has 30 heavy (non-hydrogen) atoms. The van der Waals surface area contributed by atoms with Gasteiger partial charge in [-0.05, 0) is 43.0 Å². The van der Waals surface area contributed by atoms with Crippen LogP contribution in [-0.2, 0) is 0 Å². The summed E-state index contributed by atoms with van der Waals surface area (Å²) >= 11 is 0. The minimum Gasteiger partial charge on any atom is -0.367 e. The highest BCUT2D eigenvalue weighted by atomic mass is 16.1. The number of amides is 1. The molecule has 1 fully saturated rings. The normalized spacial score (nSPS) is 14.0. The first-order valence-electron chi connectivity index (χ1n) is 9.53. The van der Waals surface area contributed by atoms with Crippen LogP contribution in [0.4, 0.5) is 17.3 Å². The van der Waals surface area contributed by atoms with Gasteiger partial charge in [0.1, 0.15) is 17.7 Å². The number of pyridine rings is 1. The molecule has 152 valence electrons. The molecule has 6 N–H and O–H groups in total. The molecule has 4 rings (SSSR count). The lowest BCUT2D eigenvalue weighted by Crippen LogP contribution is -2.31. The van der Waals surface area contributed by atoms with Crippen molar-refractivity contribution in [3.63, 3.8) is 0 Å². The molecule has 1 aliphatic carbocycles. The molecule has 1 aliphatic rings. The number of hydrogen-bond donors (Lipinski definition) is 4. The van der Waals surface area contributed by atoms with Crippen LogP contribution in [0.5, 0.6) is 0 Å². The van der Waals surface area contributed by atoms with E-state index < -0.39 is 5.91 Å². The summed E-state index contributed by atoms with van der Waals surface area (Å²) in [5.74, 6) is 0.414. The van der Waals surface area contributed by atoms with Crippen molar-refractivity contribution in [1.82, 2.24) is 20.0 Å². The van der Waals surface area contributed by atoms with Crippen LogP contribution in [0, 0.1) is 17.2 Å². The molecular weight excluding hydrogens is 382 g/mol. The Balaban J connectivity index is 1.64. The third-order valence-electron chi connectivity index (χ3n) is 4.90. The molecule has 2 aromatic heterocycles. The van der Waals surface area contributed by atoms with Gasteiger partial charge in [0.05, 0.1) is 29.2 Å². The first-order chi connectivity index (χ1) is 14.5. The predicted molar refractivity (Wildman–Crippen MR) is 111 cm³/mol. The Morgan fingerprint density at radius 3 is 2.70 bits per heavy atom. The Morgan fingerprint density at radius 2 is 2.03 bits per heavy atom. The van der Waals surface area contributed by atoms with Crippen molar-refractivity contribution >= 4 is 23.2 Å². The molecule has 0 aliphatic heterocycles. The van der Waals surface area contributed by atoms with Crippen LogP contribution < -0.4 is 22.1 Å². The zero-order valence-electron chi connectivity index (χ0n) is 16.1. The van der Waals surface area contributed by atoms with Gasteiger partial charge in [-0.1, -0.05) is 6.07 Å². The third-order valence-corrected chi connectivity index (χ3v) is 4.90. The van der Waals surface area contributed by atoms with E-state index in [1.54, 1.807) is 18.5 Å². The van der Waals surface area contributed by atoms with Gasteiger partial charge in [0.25, 0.3) is 5.91 Å².